The molecule has 0 radical (unpaired) electrons. The van der Waals surface area contributed by atoms with E-state index < -0.39 is 0 Å². The molecule has 78 valence electrons. The molecule has 1 aromatic carbocycles. The van der Waals surface area contributed by atoms with E-state index in [0.717, 1.165) is 10.2 Å². The lowest BCUT2D eigenvalue weighted by Gasteiger charge is -2.09. The van der Waals surface area contributed by atoms with Crippen LogP contribution in [0.4, 0.5) is 5.69 Å². The Morgan fingerprint density at radius 2 is 2.20 bits per heavy atom. The average Bonchev–Trinajstić information content (AvgIpc) is 2.77. The van der Waals surface area contributed by atoms with E-state index in [1.165, 1.54) is 6.42 Å². The van der Waals surface area contributed by atoms with Crippen LogP contribution in [0.25, 0.3) is 0 Å². The Morgan fingerprint density at radius 3 is 2.73 bits per heavy atom. The highest BCUT2D eigenvalue weighted by Gasteiger charge is 2.45. The molecule has 1 aliphatic rings. The van der Waals surface area contributed by atoms with E-state index in [4.69, 9.17) is 5.26 Å². The Labute approximate surface area is 98.4 Å². The third-order valence-electron chi connectivity index (χ3n) is 2.95. The minimum Gasteiger partial charge on any atom is -0.381 e. The summed E-state index contributed by atoms with van der Waals surface area (Å²) < 4.78 is 0.944. The lowest BCUT2D eigenvalue weighted by atomic mass is 10.1. The van der Waals surface area contributed by atoms with Gasteiger partial charge < -0.3 is 5.32 Å². The minimum atomic E-state index is 0.375. The van der Waals surface area contributed by atoms with Crippen molar-refractivity contribution in [3.8, 4) is 6.07 Å². The molecular formula is C12H13BrN2. The first-order valence-corrected chi connectivity index (χ1v) is 5.78. The first kappa shape index (κ1) is 10.5. The van der Waals surface area contributed by atoms with Crippen LogP contribution in [0.3, 0.4) is 0 Å². The molecule has 0 heterocycles. The van der Waals surface area contributed by atoms with Gasteiger partial charge in [0.1, 0.15) is 6.07 Å². The van der Waals surface area contributed by atoms with Gasteiger partial charge in [-0.1, -0.05) is 29.8 Å². The van der Waals surface area contributed by atoms with E-state index >= 15 is 0 Å². The number of rotatable bonds is 2. The molecule has 1 saturated carbocycles. The second-order valence-electron chi connectivity index (χ2n) is 4.69. The molecule has 0 amide bonds. The molecule has 1 aromatic rings. The average molecular weight is 265 g/mol. The maximum absolute atomic E-state index is 9.00. The van der Waals surface area contributed by atoms with Gasteiger partial charge in [0.2, 0.25) is 0 Å². The number of hydrogen-bond acceptors (Lipinski definition) is 2. The molecule has 1 fully saturated rings. The third kappa shape index (κ3) is 2.15. The summed E-state index contributed by atoms with van der Waals surface area (Å²) in [5.41, 5.74) is 2.02. The van der Waals surface area contributed by atoms with E-state index in [0.29, 0.717) is 17.0 Å². The summed E-state index contributed by atoms with van der Waals surface area (Å²) in [6.45, 7) is 4.46. The summed E-state index contributed by atoms with van der Waals surface area (Å²) in [7, 11) is 0. The summed E-state index contributed by atoms with van der Waals surface area (Å²) in [6.07, 6.45) is 1.17. The fourth-order valence-corrected chi connectivity index (χ4v) is 2.00. The minimum absolute atomic E-state index is 0.375. The second kappa shape index (κ2) is 3.53. The molecule has 1 aliphatic carbocycles. The van der Waals surface area contributed by atoms with Crippen molar-refractivity contribution in [2.24, 2.45) is 5.41 Å². The van der Waals surface area contributed by atoms with E-state index in [9.17, 15) is 0 Å². The Bertz CT molecular complexity index is 432. The molecule has 0 aromatic heterocycles. The normalized spacial score (nSPS) is 21.9. The van der Waals surface area contributed by atoms with Crippen LogP contribution in [0.15, 0.2) is 22.7 Å². The van der Waals surface area contributed by atoms with E-state index in [1.807, 2.05) is 18.2 Å². The predicted molar refractivity (Wildman–Crippen MR) is 64.7 cm³/mol. The van der Waals surface area contributed by atoms with Crippen LogP contribution < -0.4 is 5.32 Å². The highest BCUT2D eigenvalue weighted by atomic mass is 79.9. The molecule has 2 rings (SSSR count). The van der Waals surface area contributed by atoms with E-state index in [2.05, 4.69) is 41.2 Å². The van der Waals surface area contributed by atoms with Gasteiger partial charge in [-0.2, -0.15) is 5.26 Å². The van der Waals surface area contributed by atoms with E-state index in [1.54, 1.807) is 0 Å². The lowest BCUT2D eigenvalue weighted by molar-refractivity contribution is 0.630. The van der Waals surface area contributed by atoms with Crippen LogP contribution in [0.1, 0.15) is 25.8 Å². The molecule has 0 spiro atoms. The van der Waals surface area contributed by atoms with Crippen molar-refractivity contribution in [1.29, 1.82) is 5.26 Å². The van der Waals surface area contributed by atoms with Gasteiger partial charge >= 0.3 is 0 Å². The SMILES string of the molecule is CC1(C)CC1Nc1ccc(Br)cc1C#N. The van der Waals surface area contributed by atoms with Gasteiger partial charge in [0.25, 0.3) is 0 Å². The Morgan fingerprint density at radius 1 is 1.53 bits per heavy atom. The van der Waals surface area contributed by atoms with Crippen LogP contribution >= 0.6 is 15.9 Å². The molecule has 0 saturated heterocycles. The van der Waals surface area contributed by atoms with Gasteiger partial charge in [-0.25, -0.2) is 0 Å². The summed E-state index contributed by atoms with van der Waals surface area (Å²) in [4.78, 5) is 0. The highest BCUT2D eigenvalue weighted by molar-refractivity contribution is 9.10. The predicted octanol–water partition coefficient (Wildman–Crippen LogP) is 3.53. The standard InChI is InChI=1S/C12H13BrN2/c1-12(2)6-11(12)15-10-4-3-9(13)5-8(10)7-14/h3-5,11,15H,6H2,1-2H3. The van der Waals surface area contributed by atoms with Gasteiger partial charge in [-0.05, 0) is 30.0 Å². The summed E-state index contributed by atoms with van der Waals surface area (Å²) in [5, 5.41) is 12.4. The number of nitrogens with zero attached hydrogens (tertiary/aromatic N) is 1. The van der Waals surface area contributed by atoms with Gasteiger partial charge in [0, 0.05) is 10.5 Å². The molecule has 1 N–H and O–H groups in total. The van der Waals surface area contributed by atoms with Crippen LogP contribution in [0, 0.1) is 16.7 Å². The van der Waals surface area contributed by atoms with Crippen LogP contribution in [-0.2, 0) is 0 Å². The second-order valence-corrected chi connectivity index (χ2v) is 5.61. The lowest BCUT2D eigenvalue weighted by Crippen LogP contribution is -2.09. The van der Waals surface area contributed by atoms with Crippen molar-refractivity contribution >= 4 is 21.6 Å². The smallest absolute Gasteiger partial charge is 0.101 e. The molecular weight excluding hydrogens is 252 g/mol. The summed E-state index contributed by atoms with van der Waals surface area (Å²) in [6, 6.07) is 8.47. The highest BCUT2D eigenvalue weighted by Crippen LogP contribution is 2.46. The first-order valence-electron chi connectivity index (χ1n) is 4.99. The number of nitrogens with one attached hydrogen (secondary N) is 1. The maximum atomic E-state index is 9.00. The topological polar surface area (TPSA) is 35.8 Å². The monoisotopic (exact) mass is 264 g/mol. The summed E-state index contributed by atoms with van der Waals surface area (Å²) >= 11 is 3.36. The maximum Gasteiger partial charge on any atom is 0.101 e. The summed E-state index contributed by atoms with van der Waals surface area (Å²) in [5.74, 6) is 0. The fraction of sp³-hybridized carbons (Fsp3) is 0.417. The number of anilines is 1. The Kier molecular flexibility index (Phi) is 2.47. The van der Waals surface area contributed by atoms with Gasteiger partial charge in [-0.15, -0.1) is 0 Å². The molecule has 0 aliphatic heterocycles. The molecule has 15 heavy (non-hydrogen) atoms. The molecule has 1 unspecified atom stereocenters. The van der Waals surface area contributed by atoms with Gasteiger partial charge in [-0.3, -0.25) is 0 Å². The number of hydrogen-bond donors (Lipinski definition) is 1. The van der Waals surface area contributed by atoms with Crippen LogP contribution in [-0.4, -0.2) is 6.04 Å². The van der Waals surface area contributed by atoms with Crippen LogP contribution in [0.2, 0.25) is 0 Å². The van der Waals surface area contributed by atoms with E-state index in [-0.39, 0.29) is 0 Å². The molecule has 0 bridgehead atoms. The quantitative estimate of drug-likeness (QED) is 0.887. The first-order chi connectivity index (χ1) is 7.03. The van der Waals surface area contributed by atoms with Gasteiger partial charge in [0.15, 0.2) is 0 Å². The molecule has 3 heteroatoms. The number of benzene rings is 1. The van der Waals surface area contributed by atoms with Crippen molar-refractivity contribution in [2.45, 2.75) is 26.3 Å². The third-order valence-corrected chi connectivity index (χ3v) is 3.44. The number of nitriles is 1. The molecule has 1 atom stereocenters. The van der Waals surface area contributed by atoms with Crippen molar-refractivity contribution in [1.82, 2.24) is 0 Å². The van der Waals surface area contributed by atoms with Crippen molar-refractivity contribution in [2.75, 3.05) is 5.32 Å². The van der Waals surface area contributed by atoms with Crippen LogP contribution in [0.5, 0.6) is 0 Å². The van der Waals surface area contributed by atoms with Crippen molar-refractivity contribution < 1.29 is 0 Å². The van der Waals surface area contributed by atoms with Crippen molar-refractivity contribution in [3.05, 3.63) is 28.2 Å². The fourth-order valence-electron chi connectivity index (χ4n) is 1.64. The Hall–Kier alpha value is -1.01. The zero-order valence-electron chi connectivity index (χ0n) is 8.84. The zero-order chi connectivity index (χ0) is 11.1. The Balaban J connectivity index is 2.19. The zero-order valence-corrected chi connectivity index (χ0v) is 10.4. The van der Waals surface area contributed by atoms with Gasteiger partial charge in [0.05, 0.1) is 11.3 Å². The molecule has 2 nitrogen and oxygen atoms in total. The van der Waals surface area contributed by atoms with Crippen molar-refractivity contribution in [3.63, 3.8) is 0 Å². The largest absolute Gasteiger partial charge is 0.381 e. The number of halogens is 1.